The predicted octanol–water partition coefficient (Wildman–Crippen LogP) is -6.13. The van der Waals surface area contributed by atoms with Crippen molar-refractivity contribution in [3.8, 4) is 0 Å². The summed E-state index contributed by atoms with van der Waals surface area (Å²) in [6.07, 6.45) is 5.80. The van der Waals surface area contributed by atoms with E-state index in [1.54, 1.807) is 0 Å². The smallest absolute Gasteiger partial charge is 0.862 e. The summed E-state index contributed by atoms with van der Waals surface area (Å²) >= 11 is 0. The number of carboxylic acids is 2. The number of aliphatic carboxylic acids is 2. The molecule has 0 aliphatic heterocycles. The number of aliphatic imine (C=N–C) groups is 1. The Kier molecular flexibility index (Phi) is 23.1. The average molecular weight is 347 g/mol. The Labute approximate surface area is 210 Å². The summed E-state index contributed by atoms with van der Waals surface area (Å²) in [6, 6.07) is -1.29. The van der Waals surface area contributed by atoms with Crippen LogP contribution in [0.25, 0.3) is 0 Å². The molecule has 1 atom stereocenters. The number of allylic oxidation sites excluding steroid dienone is 2. The Bertz CT molecular complexity index is 358. The van der Waals surface area contributed by atoms with Gasteiger partial charge in [-0.3, -0.25) is 4.99 Å². The molecule has 0 aromatic heterocycles. The molecular weight excluding hydrogens is 328 g/mol. The van der Waals surface area contributed by atoms with Crippen molar-refractivity contribution in [2.75, 3.05) is 0 Å². The van der Waals surface area contributed by atoms with Gasteiger partial charge in [0, 0.05) is 5.97 Å². The van der Waals surface area contributed by atoms with Crippen molar-refractivity contribution >= 4 is 17.8 Å². The normalized spacial score (nSPS) is 12.3. The van der Waals surface area contributed by atoms with Crippen LogP contribution >= 0.6 is 0 Å². The van der Waals surface area contributed by atoms with Crippen LogP contribution in [0.5, 0.6) is 0 Å². The van der Waals surface area contributed by atoms with Crippen LogP contribution in [0.2, 0.25) is 0 Å². The first-order chi connectivity index (χ1) is 8.97. The Morgan fingerprint density at radius 3 is 2.29 bits per heavy atom. The Hall–Kier alpha value is 1.42. The van der Waals surface area contributed by atoms with Crippen molar-refractivity contribution in [1.82, 2.24) is 0 Å². The second-order valence-electron chi connectivity index (χ2n) is 4.10. The van der Waals surface area contributed by atoms with Crippen LogP contribution in [0.1, 0.15) is 45.4 Å². The molecule has 0 bridgehead atoms. The van der Waals surface area contributed by atoms with E-state index < -0.39 is 30.3 Å². The molecule has 8 heteroatoms. The van der Waals surface area contributed by atoms with E-state index in [4.69, 9.17) is 5.11 Å². The summed E-state index contributed by atoms with van der Waals surface area (Å²) in [5.74, 6) is -3.13. The van der Waals surface area contributed by atoms with Crippen molar-refractivity contribution in [1.29, 1.82) is 0 Å². The Morgan fingerprint density at radius 2 is 1.81 bits per heavy atom. The third kappa shape index (κ3) is 17.6. The molecule has 0 rings (SSSR count). The number of carbonyl (C=O) groups excluding carboxylic acids is 1. The number of hydrogen-bond donors (Lipinski definition) is 1. The first kappa shape index (κ1) is 27.3. The largest absolute Gasteiger partial charge is 1.00 e. The summed E-state index contributed by atoms with van der Waals surface area (Å²) in [7, 11) is 0. The van der Waals surface area contributed by atoms with Gasteiger partial charge in [-0.2, -0.15) is 0 Å². The van der Waals surface area contributed by atoms with Crippen LogP contribution < -0.4 is 113 Å². The van der Waals surface area contributed by atoms with E-state index >= 15 is 0 Å². The quantitative estimate of drug-likeness (QED) is 0.139. The van der Waals surface area contributed by atoms with Gasteiger partial charge in [0.2, 0.25) is 0 Å². The van der Waals surface area contributed by atoms with Gasteiger partial charge in [-0.1, -0.05) is 12.2 Å². The molecule has 108 valence electrons. The van der Waals surface area contributed by atoms with Gasteiger partial charge >= 0.3 is 109 Å². The van der Waals surface area contributed by atoms with Gasteiger partial charge in [0.25, 0.3) is 0 Å². The van der Waals surface area contributed by atoms with Crippen LogP contribution in [-0.2, 0) is 9.59 Å². The van der Waals surface area contributed by atoms with Crippen molar-refractivity contribution in [2.45, 2.75) is 51.5 Å². The molecule has 0 aliphatic rings. The van der Waals surface area contributed by atoms with Crippen LogP contribution in [0.15, 0.2) is 17.1 Å². The SMILES string of the molecule is C/C=C/CCCCC([O-])=N[C@@H](CCC(=O)[O-])C(=O)O.[K+].[K+]. The van der Waals surface area contributed by atoms with E-state index in [0.717, 1.165) is 12.8 Å². The van der Waals surface area contributed by atoms with Crippen molar-refractivity contribution in [2.24, 2.45) is 4.99 Å². The van der Waals surface area contributed by atoms with Crippen LogP contribution in [0.3, 0.4) is 0 Å². The predicted molar refractivity (Wildman–Crippen MR) is 66.4 cm³/mol. The third-order valence-corrected chi connectivity index (χ3v) is 2.45. The number of carboxylic acid groups (broad SMARTS) is 2. The summed E-state index contributed by atoms with van der Waals surface area (Å²) in [6.45, 7) is 1.91. The van der Waals surface area contributed by atoms with Crippen molar-refractivity contribution < 1.29 is 128 Å². The standard InChI is InChI=1S/C13H21NO5.2K/c1-2-3-4-5-6-7-11(15)14-10(13(18)19)8-9-12(16)17;;/h2-3,10H,4-9H2,1H3,(H,14,15)(H,16,17)(H,18,19);;/q;2*+1/p-2/b3-2+;;/t10-;;/m0../s1. The molecule has 0 aromatic carbocycles. The minimum absolute atomic E-state index is 0. The second-order valence-corrected chi connectivity index (χ2v) is 4.10. The van der Waals surface area contributed by atoms with Gasteiger partial charge in [-0.05, 0) is 51.3 Å². The van der Waals surface area contributed by atoms with Crippen LogP contribution in [-0.4, -0.2) is 29.0 Å². The number of hydrogen-bond acceptors (Lipinski definition) is 5. The zero-order valence-corrected chi connectivity index (χ0v) is 19.2. The molecule has 0 saturated carbocycles. The molecular formula is C13H19K2NO5. The first-order valence-electron chi connectivity index (χ1n) is 6.24. The molecule has 0 radical (unpaired) electrons. The summed E-state index contributed by atoms with van der Waals surface area (Å²) < 4.78 is 0. The van der Waals surface area contributed by atoms with Crippen molar-refractivity contribution in [3.63, 3.8) is 0 Å². The number of unbranched alkanes of at least 4 members (excludes halogenated alkanes) is 2. The van der Waals surface area contributed by atoms with Gasteiger partial charge in [0.05, 0.1) is 0 Å². The number of nitrogens with zero attached hydrogens (tertiary/aromatic N) is 1. The topological polar surface area (TPSA) is 113 Å². The van der Waals surface area contributed by atoms with E-state index in [2.05, 4.69) is 4.99 Å². The minimum Gasteiger partial charge on any atom is -0.862 e. The zero-order chi connectivity index (χ0) is 14.7. The van der Waals surface area contributed by atoms with Gasteiger partial charge in [0.15, 0.2) is 0 Å². The van der Waals surface area contributed by atoms with Gasteiger partial charge in [-0.25, -0.2) is 4.79 Å². The minimum atomic E-state index is -1.35. The van der Waals surface area contributed by atoms with Gasteiger partial charge in [0.1, 0.15) is 6.04 Å². The van der Waals surface area contributed by atoms with Crippen molar-refractivity contribution in [3.05, 3.63) is 12.2 Å². The number of rotatable bonds is 10. The summed E-state index contributed by atoms with van der Waals surface area (Å²) in [4.78, 5) is 24.6. The first-order valence-corrected chi connectivity index (χ1v) is 6.24. The van der Waals surface area contributed by atoms with E-state index in [-0.39, 0.29) is 116 Å². The molecule has 0 aromatic rings. The maximum atomic E-state index is 11.4. The molecule has 0 fully saturated rings. The van der Waals surface area contributed by atoms with Gasteiger partial charge < -0.3 is 20.1 Å². The molecule has 0 heterocycles. The maximum absolute atomic E-state index is 11.4. The molecule has 0 aliphatic carbocycles. The zero-order valence-electron chi connectivity index (χ0n) is 13.0. The molecule has 0 unspecified atom stereocenters. The monoisotopic (exact) mass is 347 g/mol. The molecule has 6 nitrogen and oxygen atoms in total. The van der Waals surface area contributed by atoms with E-state index in [9.17, 15) is 19.8 Å². The molecule has 1 N–H and O–H groups in total. The molecule has 0 amide bonds. The second kappa shape index (κ2) is 17.8. The molecule has 0 saturated heterocycles. The van der Waals surface area contributed by atoms with Gasteiger partial charge in [-0.15, -0.1) is 0 Å². The third-order valence-electron chi connectivity index (χ3n) is 2.45. The Morgan fingerprint density at radius 1 is 1.19 bits per heavy atom. The van der Waals surface area contributed by atoms with Crippen LogP contribution in [0.4, 0.5) is 0 Å². The fourth-order valence-electron chi connectivity index (χ4n) is 1.44. The van der Waals surface area contributed by atoms with E-state index in [1.165, 1.54) is 0 Å². The van der Waals surface area contributed by atoms with Crippen LogP contribution in [0, 0.1) is 0 Å². The van der Waals surface area contributed by atoms with E-state index in [1.807, 2.05) is 19.1 Å². The van der Waals surface area contributed by atoms with E-state index in [0.29, 0.717) is 6.42 Å². The molecule has 21 heavy (non-hydrogen) atoms. The summed E-state index contributed by atoms with van der Waals surface area (Å²) in [5.41, 5.74) is 0. The Balaban J connectivity index is -0.00000162. The maximum Gasteiger partial charge on any atom is 1.00 e. The fourth-order valence-corrected chi connectivity index (χ4v) is 1.44. The number of carbonyl (C=O) groups is 2. The fraction of sp³-hybridized carbons (Fsp3) is 0.615. The molecule has 0 spiro atoms. The summed E-state index contributed by atoms with van der Waals surface area (Å²) in [5, 5.41) is 30.5. The average Bonchev–Trinajstić information content (AvgIpc) is 2.33.